The van der Waals surface area contributed by atoms with E-state index in [1.807, 2.05) is 0 Å². The van der Waals surface area contributed by atoms with E-state index in [1.165, 1.54) is 41.5 Å². The average molecular weight is 1530 g/mol. The van der Waals surface area contributed by atoms with Crippen molar-refractivity contribution in [2.24, 2.45) is 17.8 Å². The highest BCUT2D eigenvalue weighted by Gasteiger charge is 2.50. The van der Waals surface area contributed by atoms with Crippen LogP contribution in [0.5, 0.6) is 0 Å². The van der Waals surface area contributed by atoms with E-state index in [0.29, 0.717) is 0 Å². The van der Waals surface area contributed by atoms with Gasteiger partial charge in [0.1, 0.15) is 126 Å². The Morgan fingerprint density at radius 2 is 0.622 bits per heavy atom. The molecule has 0 aromatic carbocycles. The number of aliphatic hydroxyl groups excluding tert-OH is 12. The average Bonchev–Trinajstić information content (AvgIpc) is 0.976. The number of rotatable bonds is 12. The van der Waals surface area contributed by atoms with Crippen LogP contribution < -0.4 is 0 Å². The highest BCUT2D eigenvalue weighted by Crippen LogP contribution is 2.36. The van der Waals surface area contributed by atoms with Gasteiger partial charge in [0.15, 0.2) is 55.8 Å². The van der Waals surface area contributed by atoms with E-state index in [0.717, 1.165) is 0 Å². The summed E-state index contributed by atoms with van der Waals surface area (Å²) in [7, 11) is 0. The molecule has 6 heterocycles. The van der Waals surface area contributed by atoms with Crippen LogP contribution in [0.15, 0.2) is 0 Å². The number of esters is 6. The summed E-state index contributed by atoms with van der Waals surface area (Å²) >= 11 is 9.67. The molecule has 6 fully saturated rings. The first-order chi connectivity index (χ1) is 41.7. The molecule has 0 bridgehead atoms. The normalized spacial score (nSPS) is 41.3. The van der Waals surface area contributed by atoms with Crippen molar-refractivity contribution in [3.05, 3.63) is 0 Å². The summed E-state index contributed by atoms with van der Waals surface area (Å²) in [6, 6.07) is 0. The molecule has 90 heavy (non-hydrogen) atoms. The molecule has 12 N–H and O–H groups in total. The van der Waals surface area contributed by atoms with Gasteiger partial charge in [-0.15, -0.1) is 0 Å². The Morgan fingerprint density at radius 3 is 0.944 bits per heavy atom. The summed E-state index contributed by atoms with van der Waals surface area (Å²) in [6.45, 7) is 9.93. The molecule has 6 aliphatic rings. The SMILES string of the molecule is CC(=O)OCC1OC(Br)C(C)C(F)C1OC(C)=O.CC(=O)OCC1OC(Br)C(C)C(OC(C)=O)C1F.CC(=O)OCC1OC(Br)C(C)C(OC(C)=O)C1F.OCC1OC(O)C(O)C(F)C1O.OCC1OC(O)C(O)C(O)C1F.OCC1OC(O)C(O)C(O)C1F. The third-order valence-electron chi connectivity index (χ3n) is 13.4. The molecular formula is C51H81Br3F6O30. The standard InChI is InChI=1S/3C11H16BrFO5.3C6H11FO5/c2*1-5-10(17-7(3)15)9(13)8(18-11(5)12)4-16-6(2)14;1-5-9(13)10(17-7(3)15)8(18-11(5)12)4-16-6(2)14;7-3-4(9)2(1-8)12-6(11)5(3)10;2*7-3-2(1-8)12-6(11)5(10)4(3)9/h3*5,8-11H,4H2,1-3H3;3*2-6,8-11H,1H2. The van der Waals surface area contributed by atoms with Crippen LogP contribution >= 0.6 is 47.8 Å². The van der Waals surface area contributed by atoms with Crippen molar-refractivity contribution in [1.82, 2.24) is 0 Å². The summed E-state index contributed by atoms with van der Waals surface area (Å²) in [5.41, 5.74) is 0. The second-order valence-electron chi connectivity index (χ2n) is 20.6. The largest absolute Gasteiger partial charge is 0.463 e. The summed E-state index contributed by atoms with van der Waals surface area (Å²) in [4.78, 5) is 65.0. The van der Waals surface area contributed by atoms with Gasteiger partial charge < -0.3 is 118 Å². The lowest BCUT2D eigenvalue weighted by molar-refractivity contribution is -0.275. The Balaban J connectivity index is 0.000000545. The van der Waals surface area contributed by atoms with Crippen LogP contribution in [-0.4, -0.2) is 299 Å². The number of aliphatic hydroxyl groups is 12. The van der Waals surface area contributed by atoms with Crippen molar-refractivity contribution in [3.63, 3.8) is 0 Å². The van der Waals surface area contributed by atoms with Gasteiger partial charge in [0, 0.05) is 59.3 Å². The van der Waals surface area contributed by atoms with Crippen LogP contribution in [0.4, 0.5) is 26.3 Å². The molecule has 0 aliphatic carbocycles. The number of hydrogen-bond acceptors (Lipinski definition) is 30. The molecule has 0 aromatic heterocycles. The first-order valence-electron chi connectivity index (χ1n) is 27.3. The zero-order chi connectivity index (χ0) is 69.5. The minimum atomic E-state index is -1.99. The smallest absolute Gasteiger partial charge is 0.303 e. The van der Waals surface area contributed by atoms with Gasteiger partial charge in [-0.25, -0.2) is 26.3 Å². The lowest BCUT2D eigenvalue weighted by Gasteiger charge is -2.39. The summed E-state index contributed by atoms with van der Waals surface area (Å²) in [5, 5.41) is 104. The predicted molar refractivity (Wildman–Crippen MR) is 296 cm³/mol. The van der Waals surface area contributed by atoms with Gasteiger partial charge in [0.25, 0.3) is 0 Å². The summed E-state index contributed by atoms with van der Waals surface area (Å²) < 4.78 is 139. The van der Waals surface area contributed by atoms with Gasteiger partial charge in [-0.2, -0.15) is 0 Å². The van der Waals surface area contributed by atoms with Crippen molar-refractivity contribution in [2.45, 2.75) is 225 Å². The molecule has 6 saturated heterocycles. The van der Waals surface area contributed by atoms with Gasteiger partial charge in [-0.1, -0.05) is 68.6 Å². The van der Waals surface area contributed by atoms with Gasteiger partial charge in [0.2, 0.25) is 0 Å². The molecule has 30 nitrogen and oxygen atoms in total. The number of carbonyl (C=O) groups is 6. The second-order valence-corrected chi connectivity index (χ2v) is 23.3. The van der Waals surface area contributed by atoms with E-state index in [-0.39, 0.29) is 31.7 Å². The molecule has 528 valence electrons. The van der Waals surface area contributed by atoms with E-state index in [4.69, 9.17) is 104 Å². The topological polar surface area (TPSA) is 456 Å². The van der Waals surface area contributed by atoms with Crippen LogP contribution in [0.1, 0.15) is 62.3 Å². The molecule has 30 atom stereocenters. The first-order valence-corrected chi connectivity index (χ1v) is 30.0. The van der Waals surface area contributed by atoms with Crippen LogP contribution in [0.3, 0.4) is 0 Å². The van der Waals surface area contributed by atoms with Crippen molar-refractivity contribution in [3.8, 4) is 0 Å². The maximum Gasteiger partial charge on any atom is 0.303 e. The van der Waals surface area contributed by atoms with Gasteiger partial charge in [-0.3, -0.25) is 28.8 Å². The van der Waals surface area contributed by atoms with Crippen molar-refractivity contribution >= 4 is 83.6 Å². The fourth-order valence-corrected chi connectivity index (χ4v) is 10.00. The minimum Gasteiger partial charge on any atom is -0.463 e. The Morgan fingerprint density at radius 1 is 0.333 bits per heavy atom. The van der Waals surface area contributed by atoms with E-state index in [2.05, 4.69) is 62.0 Å². The van der Waals surface area contributed by atoms with Crippen LogP contribution in [-0.2, 0) is 85.6 Å². The maximum absolute atomic E-state index is 14.1. The van der Waals surface area contributed by atoms with Gasteiger partial charge >= 0.3 is 35.8 Å². The van der Waals surface area contributed by atoms with E-state index in [9.17, 15) is 55.1 Å². The number of hydrogen-bond donors (Lipinski definition) is 12. The number of ether oxygens (including phenoxy) is 12. The van der Waals surface area contributed by atoms with Crippen molar-refractivity contribution < 1.29 is 173 Å². The third kappa shape index (κ3) is 26.7. The minimum absolute atomic E-state index is 0.150. The van der Waals surface area contributed by atoms with Crippen LogP contribution in [0, 0.1) is 17.8 Å². The lowest BCUT2D eigenvalue weighted by Crippen LogP contribution is -2.56. The number of halogens is 9. The maximum atomic E-state index is 14.1. The molecule has 0 radical (unpaired) electrons. The second kappa shape index (κ2) is 41.2. The number of carbonyl (C=O) groups excluding carboxylic acids is 6. The van der Waals surface area contributed by atoms with Crippen molar-refractivity contribution in [1.29, 1.82) is 0 Å². The van der Waals surface area contributed by atoms with E-state index >= 15 is 0 Å². The molecular weight excluding hydrogens is 1450 g/mol. The van der Waals surface area contributed by atoms with E-state index in [1.54, 1.807) is 20.8 Å². The Labute approximate surface area is 536 Å². The van der Waals surface area contributed by atoms with Crippen LogP contribution in [0.2, 0.25) is 0 Å². The Bertz CT molecular complexity index is 2010. The third-order valence-corrected chi connectivity index (χ3v) is 16.6. The molecule has 6 aliphatic heterocycles. The molecule has 0 spiro atoms. The number of alkyl halides is 9. The lowest BCUT2D eigenvalue weighted by atomic mass is 9.95. The Hall–Kier alpha value is -2.88. The molecule has 39 heteroatoms. The predicted octanol–water partition coefficient (Wildman–Crippen LogP) is -2.01. The highest BCUT2D eigenvalue weighted by molar-refractivity contribution is 9.09. The molecule has 6 rings (SSSR count). The van der Waals surface area contributed by atoms with Gasteiger partial charge in [0.05, 0.1) is 19.8 Å². The molecule has 0 amide bonds. The molecule has 0 aromatic rings. The zero-order valence-electron chi connectivity index (χ0n) is 49.7. The summed E-state index contributed by atoms with van der Waals surface area (Å²) in [6.07, 6.45) is -34.7. The first kappa shape index (κ1) is 85.1. The zero-order valence-corrected chi connectivity index (χ0v) is 54.4. The highest BCUT2D eigenvalue weighted by atomic mass is 79.9. The molecule has 0 saturated carbocycles. The van der Waals surface area contributed by atoms with Crippen LogP contribution in [0.25, 0.3) is 0 Å². The van der Waals surface area contributed by atoms with E-state index < -0.39 is 224 Å². The summed E-state index contributed by atoms with van der Waals surface area (Å²) in [5.74, 6) is -4.37. The van der Waals surface area contributed by atoms with Gasteiger partial charge in [-0.05, 0) is 0 Å². The fraction of sp³-hybridized carbons (Fsp3) is 0.882. The van der Waals surface area contributed by atoms with Crippen molar-refractivity contribution in [2.75, 3.05) is 39.6 Å². The fourth-order valence-electron chi connectivity index (χ4n) is 8.27. The Kier molecular flexibility index (Phi) is 38.9. The quantitative estimate of drug-likeness (QED) is 0.0435. The molecule has 30 unspecified atom stereocenters. The monoisotopic (exact) mass is 1520 g/mol.